The summed E-state index contributed by atoms with van der Waals surface area (Å²) in [4.78, 5) is 28.8. The summed E-state index contributed by atoms with van der Waals surface area (Å²) in [7, 11) is 0. The van der Waals surface area contributed by atoms with E-state index in [-0.39, 0.29) is 12.2 Å². The first-order valence-corrected chi connectivity index (χ1v) is 11.1. The lowest BCUT2D eigenvalue weighted by molar-refractivity contribution is 0.168. The first-order valence-electron chi connectivity index (χ1n) is 11.1. The summed E-state index contributed by atoms with van der Waals surface area (Å²) in [6, 6.07) is 17.5. The summed E-state index contributed by atoms with van der Waals surface area (Å²) in [5, 5.41) is 3.53. The van der Waals surface area contributed by atoms with Gasteiger partial charge in [0.1, 0.15) is 5.58 Å². The van der Waals surface area contributed by atoms with Crippen LogP contribution in [0.5, 0.6) is 0 Å². The smallest absolute Gasteiger partial charge is 0.411 e. The molecule has 0 spiro atoms. The molecule has 0 unspecified atom stereocenters. The maximum Gasteiger partial charge on any atom is 0.411 e. The number of rotatable bonds is 6. The van der Waals surface area contributed by atoms with E-state index in [1.165, 1.54) is 5.56 Å². The fourth-order valence-corrected chi connectivity index (χ4v) is 4.15. The Morgan fingerprint density at radius 2 is 1.75 bits per heavy atom. The van der Waals surface area contributed by atoms with Crippen LogP contribution in [0.2, 0.25) is 0 Å². The van der Waals surface area contributed by atoms with Gasteiger partial charge in [-0.3, -0.25) is 15.1 Å². The van der Waals surface area contributed by atoms with E-state index in [9.17, 15) is 9.59 Å². The molecule has 3 aromatic rings. The predicted molar refractivity (Wildman–Crippen MR) is 125 cm³/mol. The second kappa shape index (κ2) is 10.4. The van der Waals surface area contributed by atoms with Gasteiger partial charge in [0, 0.05) is 49.4 Å². The molecule has 1 N–H and O–H groups in total. The lowest BCUT2D eigenvalue weighted by Gasteiger charge is -2.22. The zero-order chi connectivity index (χ0) is 22.3. The van der Waals surface area contributed by atoms with Crippen molar-refractivity contribution in [1.82, 2.24) is 9.80 Å². The molecule has 168 valence electrons. The lowest BCUT2D eigenvalue weighted by atomic mass is 10.1. The van der Waals surface area contributed by atoms with E-state index in [4.69, 9.17) is 9.15 Å². The summed E-state index contributed by atoms with van der Waals surface area (Å²) < 4.78 is 10.3. The number of ether oxygens (including phenoxy) is 1. The zero-order valence-electron chi connectivity index (χ0n) is 18.4. The monoisotopic (exact) mass is 435 g/mol. The third-order valence-corrected chi connectivity index (χ3v) is 5.68. The summed E-state index contributed by atoms with van der Waals surface area (Å²) in [6.45, 7) is 7.65. The molecule has 1 amide bonds. The molecule has 2 heterocycles. The highest BCUT2D eigenvalue weighted by Gasteiger charge is 2.17. The van der Waals surface area contributed by atoms with Gasteiger partial charge in [0.25, 0.3) is 0 Å². The normalized spacial score (nSPS) is 15.4. The summed E-state index contributed by atoms with van der Waals surface area (Å²) in [6.07, 6.45) is 0.551. The van der Waals surface area contributed by atoms with Crippen molar-refractivity contribution in [3.8, 4) is 0 Å². The minimum Gasteiger partial charge on any atom is -0.450 e. The summed E-state index contributed by atoms with van der Waals surface area (Å²) in [5.74, 6) is 0. The maximum atomic E-state index is 12.2. The van der Waals surface area contributed by atoms with Crippen molar-refractivity contribution in [1.29, 1.82) is 0 Å². The van der Waals surface area contributed by atoms with Crippen molar-refractivity contribution < 1.29 is 13.9 Å². The van der Waals surface area contributed by atoms with Crippen LogP contribution in [0.15, 0.2) is 63.8 Å². The zero-order valence-corrected chi connectivity index (χ0v) is 18.4. The minimum absolute atomic E-state index is 0.289. The van der Waals surface area contributed by atoms with E-state index in [1.54, 1.807) is 25.1 Å². The predicted octanol–water partition coefficient (Wildman–Crippen LogP) is 4.07. The molecule has 1 aliphatic heterocycles. The molecule has 0 bridgehead atoms. The molecule has 7 nitrogen and oxygen atoms in total. The highest BCUT2D eigenvalue weighted by Crippen LogP contribution is 2.23. The Kier molecular flexibility index (Phi) is 7.19. The van der Waals surface area contributed by atoms with Crippen LogP contribution in [0.4, 0.5) is 10.5 Å². The van der Waals surface area contributed by atoms with Crippen molar-refractivity contribution in [2.45, 2.75) is 26.4 Å². The van der Waals surface area contributed by atoms with Crippen LogP contribution >= 0.6 is 0 Å². The number of benzene rings is 2. The van der Waals surface area contributed by atoms with Crippen LogP contribution in [0, 0.1) is 0 Å². The number of fused-ring (bicyclic) bond motifs is 1. The van der Waals surface area contributed by atoms with Gasteiger partial charge in [-0.1, -0.05) is 30.3 Å². The Morgan fingerprint density at radius 3 is 2.50 bits per heavy atom. The summed E-state index contributed by atoms with van der Waals surface area (Å²) >= 11 is 0. The number of amides is 1. The van der Waals surface area contributed by atoms with Gasteiger partial charge in [-0.05, 0) is 49.7 Å². The summed E-state index contributed by atoms with van der Waals surface area (Å²) in [5.41, 5.74) is 2.88. The molecule has 1 aromatic heterocycles. The van der Waals surface area contributed by atoms with Crippen LogP contribution < -0.4 is 10.9 Å². The second-order valence-electron chi connectivity index (χ2n) is 8.04. The van der Waals surface area contributed by atoms with Crippen LogP contribution in [0.3, 0.4) is 0 Å². The molecule has 0 radical (unpaired) electrons. The van der Waals surface area contributed by atoms with E-state index in [0.717, 1.165) is 50.1 Å². The van der Waals surface area contributed by atoms with E-state index in [2.05, 4.69) is 39.4 Å². The third-order valence-electron chi connectivity index (χ3n) is 5.68. The molecule has 0 saturated carbocycles. The van der Waals surface area contributed by atoms with Crippen LogP contribution in [0.1, 0.15) is 24.5 Å². The van der Waals surface area contributed by atoms with Crippen LogP contribution in [0.25, 0.3) is 11.0 Å². The number of hydrogen-bond acceptors (Lipinski definition) is 6. The SMILES string of the molecule is CCOC(=O)Nc1ccc2c(CN3CCCN(Cc4ccccc4)CC3)cc(=O)oc2c1. The molecule has 32 heavy (non-hydrogen) atoms. The standard InChI is InChI=1S/C25H29N3O4/c1-2-31-25(30)26-21-9-10-22-20(15-24(29)32-23(22)16-21)18-28-12-6-11-27(13-14-28)17-19-7-4-3-5-8-19/h3-5,7-10,15-16H,2,6,11-14,17-18H2,1H3,(H,26,30). The highest BCUT2D eigenvalue weighted by molar-refractivity contribution is 5.89. The highest BCUT2D eigenvalue weighted by atomic mass is 16.5. The van der Waals surface area contributed by atoms with Crippen molar-refractivity contribution in [2.75, 3.05) is 38.1 Å². The fraction of sp³-hybridized carbons (Fsp3) is 0.360. The van der Waals surface area contributed by atoms with Crippen LogP contribution in [-0.4, -0.2) is 48.7 Å². The lowest BCUT2D eigenvalue weighted by Crippen LogP contribution is -2.30. The maximum absolute atomic E-state index is 12.2. The Hall–Kier alpha value is -3.16. The van der Waals surface area contributed by atoms with Gasteiger partial charge in [-0.15, -0.1) is 0 Å². The van der Waals surface area contributed by atoms with Crippen molar-refractivity contribution in [2.24, 2.45) is 0 Å². The van der Waals surface area contributed by atoms with Crippen molar-refractivity contribution in [3.63, 3.8) is 0 Å². The quantitative estimate of drug-likeness (QED) is 0.589. The average molecular weight is 436 g/mol. The van der Waals surface area contributed by atoms with Gasteiger partial charge >= 0.3 is 11.7 Å². The Balaban J connectivity index is 1.45. The number of hydrogen-bond donors (Lipinski definition) is 1. The largest absolute Gasteiger partial charge is 0.450 e. The van der Waals surface area contributed by atoms with Crippen LogP contribution in [-0.2, 0) is 17.8 Å². The molecule has 0 aliphatic carbocycles. The average Bonchev–Trinajstić information content (AvgIpc) is 2.99. The molecular formula is C25H29N3O4. The number of anilines is 1. The fourth-order valence-electron chi connectivity index (χ4n) is 4.15. The molecule has 1 aliphatic rings. The minimum atomic E-state index is -0.532. The van der Waals surface area contributed by atoms with E-state index >= 15 is 0 Å². The van der Waals surface area contributed by atoms with Gasteiger partial charge in [0.05, 0.1) is 6.61 Å². The van der Waals surface area contributed by atoms with Gasteiger partial charge in [-0.2, -0.15) is 0 Å². The number of nitrogens with one attached hydrogen (secondary N) is 1. The Labute approximate surface area is 187 Å². The van der Waals surface area contributed by atoms with Gasteiger partial charge < -0.3 is 9.15 Å². The van der Waals surface area contributed by atoms with Gasteiger partial charge in [0.2, 0.25) is 0 Å². The van der Waals surface area contributed by atoms with Gasteiger partial charge in [-0.25, -0.2) is 9.59 Å². The Morgan fingerprint density at radius 1 is 1.00 bits per heavy atom. The van der Waals surface area contributed by atoms with Gasteiger partial charge in [0.15, 0.2) is 0 Å². The third kappa shape index (κ3) is 5.75. The molecule has 2 aromatic carbocycles. The van der Waals surface area contributed by atoms with E-state index < -0.39 is 6.09 Å². The van der Waals surface area contributed by atoms with Crippen molar-refractivity contribution in [3.05, 3.63) is 76.1 Å². The molecule has 1 saturated heterocycles. The topological polar surface area (TPSA) is 75.0 Å². The molecular weight excluding hydrogens is 406 g/mol. The Bertz CT molecular complexity index is 1110. The number of carbonyl (C=O) groups excluding carboxylic acids is 1. The first kappa shape index (κ1) is 22.0. The molecule has 1 fully saturated rings. The van der Waals surface area contributed by atoms with E-state index in [0.29, 0.717) is 17.8 Å². The molecule has 7 heteroatoms. The first-order chi connectivity index (χ1) is 15.6. The van der Waals surface area contributed by atoms with E-state index in [1.807, 2.05) is 12.1 Å². The number of carbonyl (C=O) groups is 1. The number of nitrogens with zero attached hydrogens (tertiary/aromatic N) is 2. The molecule has 0 atom stereocenters. The van der Waals surface area contributed by atoms with Crippen molar-refractivity contribution >= 4 is 22.7 Å². The second-order valence-corrected chi connectivity index (χ2v) is 8.04. The molecule has 4 rings (SSSR count).